The predicted octanol–water partition coefficient (Wildman–Crippen LogP) is 2.53. The van der Waals surface area contributed by atoms with E-state index in [9.17, 15) is 0 Å². The number of hydrogen-bond donors (Lipinski definition) is 1. The SMILES string of the molecule is CCN(CC)CC(C)Nc1cccc(C)n1. The molecule has 3 heteroatoms. The lowest BCUT2D eigenvalue weighted by Gasteiger charge is -2.23. The predicted molar refractivity (Wildman–Crippen MR) is 69.8 cm³/mol. The third kappa shape index (κ3) is 4.19. The lowest BCUT2D eigenvalue weighted by molar-refractivity contribution is 0.294. The van der Waals surface area contributed by atoms with Crippen molar-refractivity contribution in [1.29, 1.82) is 0 Å². The number of anilines is 1. The number of likely N-dealkylation sites (N-methyl/N-ethyl adjacent to an activating group) is 1. The van der Waals surface area contributed by atoms with Gasteiger partial charge >= 0.3 is 0 Å². The first kappa shape index (κ1) is 13.0. The molecule has 16 heavy (non-hydrogen) atoms. The topological polar surface area (TPSA) is 28.2 Å². The highest BCUT2D eigenvalue weighted by molar-refractivity contribution is 5.36. The highest BCUT2D eigenvalue weighted by Gasteiger charge is 2.07. The minimum Gasteiger partial charge on any atom is -0.366 e. The van der Waals surface area contributed by atoms with Gasteiger partial charge in [0.25, 0.3) is 0 Å². The van der Waals surface area contributed by atoms with Crippen molar-refractivity contribution in [2.75, 3.05) is 25.0 Å². The van der Waals surface area contributed by atoms with Crippen LogP contribution < -0.4 is 5.32 Å². The van der Waals surface area contributed by atoms with Gasteiger partial charge in [0.2, 0.25) is 0 Å². The zero-order valence-electron chi connectivity index (χ0n) is 10.8. The van der Waals surface area contributed by atoms with Crippen LogP contribution in [-0.4, -0.2) is 35.6 Å². The molecule has 1 aromatic heterocycles. The van der Waals surface area contributed by atoms with Gasteiger partial charge in [0.05, 0.1) is 0 Å². The van der Waals surface area contributed by atoms with Crippen molar-refractivity contribution >= 4 is 5.82 Å². The summed E-state index contributed by atoms with van der Waals surface area (Å²) in [6.45, 7) is 11.9. The van der Waals surface area contributed by atoms with Gasteiger partial charge in [-0.15, -0.1) is 0 Å². The molecule has 0 amide bonds. The lowest BCUT2D eigenvalue weighted by Crippen LogP contribution is -2.34. The second kappa shape index (κ2) is 6.48. The van der Waals surface area contributed by atoms with E-state index in [0.29, 0.717) is 6.04 Å². The number of hydrogen-bond acceptors (Lipinski definition) is 3. The summed E-state index contributed by atoms with van der Waals surface area (Å²) in [7, 11) is 0. The molecule has 1 heterocycles. The molecule has 0 radical (unpaired) electrons. The van der Waals surface area contributed by atoms with E-state index in [1.165, 1.54) is 0 Å². The molecule has 0 aromatic carbocycles. The average molecular weight is 221 g/mol. The molecular weight excluding hydrogens is 198 g/mol. The highest BCUT2D eigenvalue weighted by atomic mass is 15.1. The maximum Gasteiger partial charge on any atom is 0.126 e. The molecule has 3 nitrogen and oxygen atoms in total. The minimum absolute atomic E-state index is 0.425. The first-order valence-electron chi connectivity index (χ1n) is 6.08. The Morgan fingerprint density at radius 3 is 2.56 bits per heavy atom. The van der Waals surface area contributed by atoms with Crippen molar-refractivity contribution in [3.05, 3.63) is 23.9 Å². The van der Waals surface area contributed by atoms with Gasteiger partial charge in [0.1, 0.15) is 5.82 Å². The number of nitrogens with zero attached hydrogens (tertiary/aromatic N) is 2. The summed E-state index contributed by atoms with van der Waals surface area (Å²) in [4.78, 5) is 6.85. The van der Waals surface area contributed by atoms with Crippen molar-refractivity contribution in [2.24, 2.45) is 0 Å². The summed E-state index contributed by atoms with van der Waals surface area (Å²) in [5.74, 6) is 0.972. The van der Waals surface area contributed by atoms with Crippen LogP contribution in [0.3, 0.4) is 0 Å². The zero-order valence-corrected chi connectivity index (χ0v) is 10.8. The Morgan fingerprint density at radius 1 is 1.31 bits per heavy atom. The average Bonchev–Trinajstić information content (AvgIpc) is 2.26. The van der Waals surface area contributed by atoms with Crippen LogP contribution >= 0.6 is 0 Å². The summed E-state index contributed by atoms with van der Waals surface area (Å²) in [6, 6.07) is 6.50. The molecule has 0 saturated heterocycles. The Labute approximate surface area is 98.9 Å². The molecule has 0 aliphatic rings. The molecule has 0 spiro atoms. The molecule has 0 aliphatic carbocycles. The van der Waals surface area contributed by atoms with E-state index in [-0.39, 0.29) is 0 Å². The Kier molecular flexibility index (Phi) is 5.26. The van der Waals surface area contributed by atoms with Crippen LogP contribution in [0.2, 0.25) is 0 Å². The molecule has 90 valence electrons. The van der Waals surface area contributed by atoms with Crippen molar-refractivity contribution in [3.63, 3.8) is 0 Å². The van der Waals surface area contributed by atoms with Crippen LogP contribution in [0.25, 0.3) is 0 Å². The Bertz CT molecular complexity index is 308. The largest absolute Gasteiger partial charge is 0.366 e. The molecule has 1 N–H and O–H groups in total. The minimum atomic E-state index is 0.425. The van der Waals surface area contributed by atoms with Gasteiger partial charge in [-0.05, 0) is 39.1 Å². The Balaban J connectivity index is 2.47. The zero-order chi connectivity index (χ0) is 12.0. The monoisotopic (exact) mass is 221 g/mol. The first-order valence-corrected chi connectivity index (χ1v) is 6.08. The number of rotatable bonds is 6. The number of aromatic nitrogens is 1. The number of pyridine rings is 1. The van der Waals surface area contributed by atoms with Crippen molar-refractivity contribution in [1.82, 2.24) is 9.88 Å². The number of aryl methyl sites for hydroxylation is 1. The maximum absolute atomic E-state index is 4.44. The van der Waals surface area contributed by atoms with Crippen LogP contribution in [0.1, 0.15) is 26.5 Å². The summed E-state index contributed by atoms with van der Waals surface area (Å²) in [6.07, 6.45) is 0. The Hall–Kier alpha value is -1.09. The van der Waals surface area contributed by atoms with Gasteiger partial charge in [-0.2, -0.15) is 0 Å². The standard InChI is InChI=1S/C13H23N3/c1-5-16(6-2)10-12(4)15-13-9-7-8-11(3)14-13/h7-9,12H,5-6,10H2,1-4H3,(H,14,15). The maximum atomic E-state index is 4.44. The number of nitrogens with one attached hydrogen (secondary N) is 1. The van der Waals surface area contributed by atoms with E-state index in [0.717, 1.165) is 31.1 Å². The van der Waals surface area contributed by atoms with Crippen LogP contribution in [0.4, 0.5) is 5.82 Å². The molecule has 1 atom stereocenters. The van der Waals surface area contributed by atoms with Gasteiger partial charge in [-0.1, -0.05) is 19.9 Å². The summed E-state index contributed by atoms with van der Waals surface area (Å²) in [5.41, 5.74) is 1.06. The first-order chi connectivity index (χ1) is 7.65. The second-order valence-electron chi connectivity index (χ2n) is 4.20. The van der Waals surface area contributed by atoms with Gasteiger partial charge in [0.15, 0.2) is 0 Å². The summed E-state index contributed by atoms with van der Waals surface area (Å²) < 4.78 is 0. The van der Waals surface area contributed by atoms with Crippen molar-refractivity contribution < 1.29 is 0 Å². The molecular formula is C13H23N3. The fraction of sp³-hybridized carbons (Fsp3) is 0.615. The van der Waals surface area contributed by atoms with Gasteiger partial charge in [-0.25, -0.2) is 4.98 Å². The highest BCUT2D eigenvalue weighted by Crippen LogP contribution is 2.06. The second-order valence-corrected chi connectivity index (χ2v) is 4.20. The molecule has 1 aromatic rings. The third-order valence-corrected chi connectivity index (χ3v) is 2.71. The van der Waals surface area contributed by atoms with Crippen LogP contribution in [0, 0.1) is 6.92 Å². The normalized spacial score (nSPS) is 12.8. The van der Waals surface area contributed by atoms with E-state index in [2.05, 4.69) is 36.0 Å². The summed E-state index contributed by atoms with van der Waals surface area (Å²) in [5, 5.41) is 3.43. The fourth-order valence-corrected chi connectivity index (χ4v) is 1.79. The summed E-state index contributed by atoms with van der Waals surface area (Å²) >= 11 is 0. The van der Waals surface area contributed by atoms with Crippen molar-refractivity contribution in [2.45, 2.75) is 33.7 Å². The lowest BCUT2D eigenvalue weighted by atomic mass is 10.3. The quantitative estimate of drug-likeness (QED) is 0.800. The molecule has 0 bridgehead atoms. The van der Waals surface area contributed by atoms with E-state index in [1.807, 2.05) is 25.1 Å². The Morgan fingerprint density at radius 2 is 2.00 bits per heavy atom. The van der Waals surface area contributed by atoms with Crippen LogP contribution in [0.15, 0.2) is 18.2 Å². The van der Waals surface area contributed by atoms with Gasteiger partial charge in [-0.3, -0.25) is 0 Å². The third-order valence-electron chi connectivity index (χ3n) is 2.71. The molecule has 1 unspecified atom stereocenters. The van der Waals surface area contributed by atoms with E-state index >= 15 is 0 Å². The van der Waals surface area contributed by atoms with Crippen LogP contribution in [0.5, 0.6) is 0 Å². The molecule has 0 saturated carbocycles. The molecule has 1 rings (SSSR count). The van der Waals surface area contributed by atoms with Crippen molar-refractivity contribution in [3.8, 4) is 0 Å². The fourth-order valence-electron chi connectivity index (χ4n) is 1.79. The smallest absolute Gasteiger partial charge is 0.126 e. The van der Waals surface area contributed by atoms with E-state index in [1.54, 1.807) is 0 Å². The van der Waals surface area contributed by atoms with E-state index in [4.69, 9.17) is 0 Å². The van der Waals surface area contributed by atoms with E-state index < -0.39 is 0 Å². The van der Waals surface area contributed by atoms with Gasteiger partial charge < -0.3 is 10.2 Å². The van der Waals surface area contributed by atoms with Crippen LogP contribution in [-0.2, 0) is 0 Å². The molecule has 0 fully saturated rings. The van der Waals surface area contributed by atoms with Gasteiger partial charge in [0, 0.05) is 18.3 Å². The molecule has 0 aliphatic heterocycles.